The molecule has 0 aliphatic heterocycles. The number of amides is 1. The molecule has 0 aliphatic rings. The lowest BCUT2D eigenvalue weighted by atomic mass is 9.73. The quantitative estimate of drug-likeness (QED) is 0.871. The Bertz CT molecular complexity index is 502. The molecule has 0 radical (unpaired) electrons. The van der Waals surface area contributed by atoms with Crippen molar-refractivity contribution < 1.29 is 9.90 Å². The van der Waals surface area contributed by atoms with Gasteiger partial charge in [0.05, 0.1) is 5.60 Å². The fourth-order valence-corrected chi connectivity index (χ4v) is 1.95. The van der Waals surface area contributed by atoms with Crippen LogP contribution in [-0.2, 0) is 17.8 Å². The summed E-state index contributed by atoms with van der Waals surface area (Å²) in [4.78, 5) is 11.9. The van der Waals surface area contributed by atoms with E-state index in [4.69, 9.17) is 0 Å². The van der Waals surface area contributed by atoms with Gasteiger partial charge in [0.1, 0.15) is 0 Å². The molecule has 1 amide bonds. The minimum absolute atomic E-state index is 0.0553. The second-order valence-corrected chi connectivity index (χ2v) is 8.37. The van der Waals surface area contributed by atoms with Crippen molar-refractivity contribution >= 4 is 5.91 Å². The maximum Gasteiger partial charge on any atom is 0.225 e. The average molecular weight is 305 g/mol. The van der Waals surface area contributed by atoms with Gasteiger partial charge >= 0.3 is 0 Å². The van der Waals surface area contributed by atoms with Crippen LogP contribution in [0.5, 0.6) is 0 Å². The van der Waals surface area contributed by atoms with E-state index < -0.39 is 5.60 Å². The Balaban J connectivity index is 2.66. The summed E-state index contributed by atoms with van der Waals surface area (Å²) in [6.45, 7) is 14.1. The van der Waals surface area contributed by atoms with Gasteiger partial charge in [0, 0.05) is 12.0 Å². The molecule has 0 heterocycles. The summed E-state index contributed by atoms with van der Waals surface area (Å²) in [5.41, 5.74) is 0.985. The van der Waals surface area contributed by atoms with Gasteiger partial charge < -0.3 is 10.4 Å². The molecule has 0 spiro atoms. The second kappa shape index (κ2) is 6.41. The van der Waals surface area contributed by atoms with Crippen molar-refractivity contribution in [3.8, 4) is 0 Å². The SMILES string of the molecule is CC(C)(C)C(=O)NCc1ccc(CC(C)(C)C(C)(C)O)cc1. The van der Waals surface area contributed by atoms with Crippen LogP contribution in [0, 0.1) is 10.8 Å². The van der Waals surface area contributed by atoms with Crippen LogP contribution in [0.25, 0.3) is 0 Å². The first-order valence-corrected chi connectivity index (χ1v) is 7.91. The van der Waals surface area contributed by atoms with Crippen molar-refractivity contribution in [3.63, 3.8) is 0 Å². The summed E-state index contributed by atoms with van der Waals surface area (Å²) in [6, 6.07) is 8.23. The zero-order valence-electron chi connectivity index (χ0n) is 15.1. The van der Waals surface area contributed by atoms with Crippen LogP contribution in [-0.4, -0.2) is 16.6 Å². The van der Waals surface area contributed by atoms with Crippen LogP contribution in [0.4, 0.5) is 0 Å². The lowest BCUT2D eigenvalue weighted by Gasteiger charge is -2.37. The highest BCUT2D eigenvalue weighted by Crippen LogP contribution is 2.33. The summed E-state index contributed by atoms with van der Waals surface area (Å²) in [5, 5.41) is 13.2. The minimum Gasteiger partial charge on any atom is -0.390 e. The zero-order chi connectivity index (χ0) is 17.2. The molecule has 124 valence electrons. The van der Waals surface area contributed by atoms with Gasteiger partial charge in [-0.15, -0.1) is 0 Å². The Morgan fingerprint density at radius 2 is 1.41 bits per heavy atom. The monoisotopic (exact) mass is 305 g/mol. The van der Waals surface area contributed by atoms with E-state index in [0.717, 1.165) is 12.0 Å². The van der Waals surface area contributed by atoms with Crippen LogP contribution in [0.2, 0.25) is 0 Å². The number of carbonyl (C=O) groups excluding carboxylic acids is 1. The van der Waals surface area contributed by atoms with Crippen LogP contribution in [0.3, 0.4) is 0 Å². The van der Waals surface area contributed by atoms with Gasteiger partial charge in [0.15, 0.2) is 0 Å². The highest BCUT2D eigenvalue weighted by atomic mass is 16.3. The molecule has 22 heavy (non-hydrogen) atoms. The molecule has 3 nitrogen and oxygen atoms in total. The average Bonchev–Trinajstić information content (AvgIpc) is 2.34. The van der Waals surface area contributed by atoms with Crippen molar-refractivity contribution in [2.45, 2.75) is 67.0 Å². The predicted molar refractivity (Wildman–Crippen MR) is 91.5 cm³/mol. The van der Waals surface area contributed by atoms with Crippen LogP contribution in [0.1, 0.15) is 59.6 Å². The number of rotatable bonds is 5. The third kappa shape index (κ3) is 5.13. The molecule has 0 aromatic heterocycles. The summed E-state index contributed by atoms with van der Waals surface area (Å²) in [7, 11) is 0. The van der Waals surface area contributed by atoms with E-state index in [1.54, 1.807) is 0 Å². The van der Waals surface area contributed by atoms with E-state index >= 15 is 0 Å². The number of nitrogens with one attached hydrogen (secondary N) is 1. The molecule has 0 atom stereocenters. The Hall–Kier alpha value is -1.35. The molecule has 0 aliphatic carbocycles. The van der Waals surface area contributed by atoms with E-state index in [9.17, 15) is 9.90 Å². The maximum absolute atomic E-state index is 11.9. The Morgan fingerprint density at radius 1 is 0.955 bits per heavy atom. The van der Waals surface area contributed by atoms with E-state index in [-0.39, 0.29) is 16.7 Å². The molecular formula is C19H31NO2. The number of hydrogen-bond donors (Lipinski definition) is 2. The Kier molecular flexibility index (Phi) is 5.45. The van der Waals surface area contributed by atoms with Gasteiger partial charge in [-0.3, -0.25) is 4.79 Å². The first kappa shape index (κ1) is 18.7. The molecule has 0 saturated carbocycles. The molecule has 0 unspecified atom stereocenters. The predicted octanol–water partition coefficient (Wildman–Crippen LogP) is 3.69. The molecule has 0 saturated heterocycles. The maximum atomic E-state index is 11.9. The van der Waals surface area contributed by atoms with E-state index in [2.05, 4.69) is 31.3 Å². The van der Waals surface area contributed by atoms with Crippen LogP contribution >= 0.6 is 0 Å². The Morgan fingerprint density at radius 3 is 1.82 bits per heavy atom. The molecular weight excluding hydrogens is 274 g/mol. The summed E-state index contributed by atoms with van der Waals surface area (Å²) < 4.78 is 0. The third-order valence-corrected chi connectivity index (χ3v) is 4.46. The van der Waals surface area contributed by atoms with E-state index in [1.807, 2.05) is 46.8 Å². The normalized spacial score (nSPS) is 13.1. The van der Waals surface area contributed by atoms with Crippen molar-refractivity contribution in [2.24, 2.45) is 10.8 Å². The summed E-state index contributed by atoms with van der Waals surface area (Å²) in [6.07, 6.45) is 0.811. The molecule has 1 rings (SSSR count). The summed E-state index contributed by atoms with van der Waals surface area (Å²) >= 11 is 0. The zero-order valence-corrected chi connectivity index (χ0v) is 15.1. The number of aliphatic hydroxyl groups is 1. The second-order valence-electron chi connectivity index (χ2n) is 8.37. The van der Waals surface area contributed by atoms with E-state index in [1.165, 1.54) is 5.56 Å². The molecule has 1 aromatic carbocycles. The smallest absolute Gasteiger partial charge is 0.225 e. The lowest BCUT2D eigenvalue weighted by molar-refractivity contribution is -0.128. The van der Waals surface area contributed by atoms with Gasteiger partial charge in [0.2, 0.25) is 5.91 Å². The topological polar surface area (TPSA) is 49.3 Å². The fourth-order valence-electron chi connectivity index (χ4n) is 1.95. The number of carbonyl (C=O) groups is 1. The van der Waals surface area contributed by atoms with Crippen molar-refractivity contribution in [2.75, 3.05) is 0 Å². The molecule has 3 heteroatoms. The highest BCUT2D eigenvalue weighted by Gasteiger charge is 2.34. The summed E-state index contributed by atoms with van der Waals surface area (Å²) in [5.74, 6) is 0.0553. The number of hydrogen-bond acceptors (Lipinski definition) is 2. The Labute approximate surface area is 135 Å². The third-order valence-electron chi connectivity index (χ3n) is 4.46. The molecule has 0 fully saturated rings. The number of benzene rings is 1. The first-order chi connectivity index (χ1) is 9.83. The first-order valence-electron chi connectivity index (χ1n) is 7.91. The van der Waals surface area contributed by atoms with Crippen molar-refractivity contribution in [1.29, 1.82) is 0 Å². The molecule has 1 aromatic rings. The lowest BCUT2D eigenvalue weighted by Crippen LogP contribution is -2.40. The van der Waals surface area contributed by atoms with Gasteiger partial charge in [0.25, 0.3) is 0 Å². The largest absolute Gasteiger partial charge is 0.390 e. The highest BCUT2D eigenvalue weighted by molar-refractivity contribution is 5.81. The van der Waals surface area contributed by atoms with Crippen LogP contribution in [0.15, 0.2) is 24.3 Å². The van der Waals surface area contributed by atoms with Crippen LogP contribution < -0.4 is 5.32 Å². The van der Waals surface area contributed by atoms with Crippen molar-refractivity contribution in [1.82, 2.24) is 5.32 Å². The van der Waals surface area contributed by atoms with Gasteiger partial charge in [-0.2, -0.15) is 0 Å². The molecule has 2 N–H and O–H groups in total. The fraction of sp³-hybridized carbons (Fsp3) is 0.632. The van der Waals surface area contributed by atoms with Gasteiger partial charge in [-0.25, -0.2) is 0 Å². The van der Waals surface area contributed by atoms with Crippen molar-refractivity contribution in [3.05, 3.63) is 35.4 Å². The van der Waals surface area contributed by atoms with E-state index in [0.29, 0.717) is 6.54 Å². The van der Waals surface area contributed by atoms with Gasteiger partial charge in [-0.05, 0) is 36.8 Å². The van der Waals surface area contributed by atoms with Gasteiger partial charge in [-0.1, -0.05) is 58.9 Å². The molecule has 0 bridgehead atoms. The standard InChI is InChI=1S/C19H31NO2/c1-17(2,3)16(21)20-13-15-10-8-14(9-11-15)12-18(4,5)19(6,7)22/h8-11,22H,12-13H2,1-7H3,(H,20,21). The minimum atomic E-state index is -0.730.